The molecule has 3 aromatic rings. The third-order valence-electron chi connectivity index (χ3n) is 4.68. The van der Waals surface area contributed by atoms with Crippen molar-refractivity contribution in [2.45, 2.75) is 24.9 Å². The van der Waals surface area contributed by atoms with E-state index in [9.17, 15) is 9.59 Å². The van der Waals surface area contributed by atoms with E-state index in [1.807, 2.05) is 27.8 Å². The maximum atomic E-state index is 12.6. The summed E-state index contributed by atoms with van der Waals surface area (Å²) in [6.45, 7) is 3.89. The van der Waals surface area contributed by atoms with Crippen molar-refractivity contribution in [3.8, 4) is 10.4 Å². The van der Waals surface area contributed by atoms with Crippen molar-refractivity contribution in [3.63, 3.8) is 0 Å². The number of thioether (sulfide) groups is 1. The number of carbonyl (C=O) groups is 1. The van der Waals surface area contributed by atoms with Crippen LogP contribution in [0.3, 0.4) is 0 Å². The third kappa shape index (κ3) is 3.58. The predicted molar refractivity (Wildman–Crippen MR) is 109 cm³/mol. The van der Waals surface area contributed by atoms with Gasteiger partial charge < -0.3 is 9.88 Å². The fourth-order valence-electron chi connectivity index (χ4n) is 3.09. The number of amides is 1. The molecular formula is C18H19N3O2S3. The Kier molecular flexibility index (Phi) is 5.15. The number of H-pyrrole nitrogens is 1. The highest BCUT2D eigenvalue weighted by molar-refractivity contribution is 7.99. The average molecular weight is 406 g/mol. The first-order chi connectivity index (χ1) is 12.6. The molecule has 5 nitrogen and oxygen atoms in total. The lowest BCUT2D eigenvalue weighted by molar-refractivity contribution is -0.129. The third-order valence-corrected chi connectivity index (χ3v) is 7.31. The van der Waals surface area contributed by atoms with Crippen LogP contribution in [0.15, 0.2) is 32.8 Å². The molecule has 136 valence electrons. The Labute approximate surface area is 163 Å². The molecule has 26 heavy (non-hydrogen) atoms. The molecule has 4 rings (SSSR count). The normalized spacial score (nSPS) is 15.7. The van der Waals surface area contributed by atoms with Gasteiger partial charge in [0.05, 0.1) is 11.1 Å². The van der Waals surface area contributed by atoms with Crippen molar-refractivity contribution in [1.29, 1.82) is 0 Å². The molecule has 0 bridgehead atoms. The fourth-order valence-corrected chi connectivity index (χ4v) is 5.67. The molecule has 0 unspecified atom stereocenters. The van der Waals surface area contributed by atoms with Crippen molar-refractivity contribution in [3.05, 3.63) is 33.2 Å². The molecule has 0 saturated carbocycles. The van der Waals surface area contributed by atoms with Crippen molar-refractivity contribution in [2.24, 2.45) is 5.92 Å². The largest absolute Gasteiger partial charge is 0.342 e. The second-order valence-corrected chi connectivity index (χ2v) is 9.30. The molecule has 1 saturated heterocycles. The number of rotatable bonds is 4. The molecular weight excluding hydrogens is 386 g/mol. The monoisotopic (exact) mass is 405 g/mol. The Morgan fingerprint density at radius 1 is 1.38 bits per heavy atom. The minimum absolute atomic E-state index is 0.120. The van der Waals surface area contributed by atoms with Gasteiger partial charge in [0.1, 0.15) is 4.83 Å². The van der Waals surface area contributed by atoms with Gasteiger partial charge in [0.25, 0.3) is 5.56 Å². The quantitative estimate of drug-likeness (QED) is 0.525. The molecule has 1 aliphatic rings. The lowest BCUT2D eigenvalue weighted by Gasteiger charge is -2.30. The molecule has 1 amide bonds. The Bertz CT molecular complexity index is 969. The SMILES string of the molecule is CC1CCN(C(=O)CSc2nc3scc(-c4cccs4)c3c(=O)[nH]2)CC1. The van der Waals surface area contributed by atoms with Crippen LogP contribution in [0.5, 0.6) is 0 Å². The molecule has 0 aromatic carbocycles. The van der Waals surface area contributed by atoms with Crippen LogP contribution < -0.4 is 5.56 Å². The summed E-state index contributed by atoms with van der Waals surface area (Å²) >= 11 is 4.39. The first kappa shape index (κ1) is 17.8. The van der Waals surface area contributed by atoms with Gasteiger partial charge in [0.2, 0.25) is 5.91 Å². The Morgan fingerprint density at radius 3 is 2.92 bits per heavy atom. The minimum Gasteiger partial charge on any atom is -0.342 e. The van der Waals surface area contributed by atoms with E-state index in [-0.39, 0.29) is 11.5 Å². The van der Waals surface area contributed by atoms with E-state index >= 15 is 0 Å². The van der Waals surface area contributed by atoms with Gasteiger partial charge in [-0.1, -0.05) is 24.8 Å². The van der Waals surface area contributed by atoms with Crippen molar-refractivity contribution < 1.29 is 4.79 Å². The van der Waals surface area contributed by atoms with Gasteiger partial charge in [-0.3, -0.25) is 9.59 Å². The van der Waals surface area contributed by atoms with E-state index in [0.29, 0.717) is 22.2 Å². The second kappa shape index (κ2) is 7.54. The van der Waals surface area contributed by atoms with Crippen molar-refractivity contribution >= 4 is 50.6 Å². The Hall–Kier alpha value is -1.64. The zero-order valence-electron chi connectivity index (χ0n) is 14.4. The van der Waals surface area contributed by atoms with Crippen LogP contribution in [0, 0.1) is 5.92 Å². The molecule has 8 heteroatoms. The Morgan fingerprint density at radius 2 is 2.19 bits per heavy atom. The van der Waals surface area contributed by atoms with Gasteiger partial charge >= 0.3 is 0 Å². The molecule has 1 fully saturated rings. The van der Waals surface area contributed by atoms with Gasteiger partial charge in [-0.25, -0.2) is 4.98 Å². The number of hydrogen-bond acceptors (Lipinski definition) is 6. The van der Waals surface area contributed by atoms with Crippen LogP contribution in [0.25, 0.3) is 20.7 Å². The van der Waals surface area contributed by atoms with E-state index in [2.05, 4.69) is 16.9 Å². The zero-order valence-corrected chi connectivity index (χ0v) is 16.8. The van der Waals surface area contributed by atoms with E-state index in [1.54, 1.807) is 11.3 Å². The minimum atomic E-state index is -0.138. The number of nitrogens with zero attached hydrogens (tertiary/aromatic N) is 2. The summed E-state index contributed by atoms with van der Waals surface area (Å²) in [5.74, 6) is 1.13. The second-order valence-electron chi connectivity index (χ2n) is 6.53. The van der Waals surface area contributed by atoms with Crippen LogP contribution >= 0.6 is 34.4 Å². The van der Waals surface area contributed by atoms with Crippen LogP contribution in [0.4, 0.5) is 0 Å². The molecule has 0 radical (unpaired) electrons. The highest BCUT2D eigenvalue weighted by Crippen LogP contribution is 2.34. The van der Waals surface area contributed by atoms with Crippen LogP contribution in [0.1, 0.15) is 19.8 Å². The number of aromatic nitrogens is 2. The summed E-state index contributed by atoms with van der Waals surface area (Å²) in [6, 6.07) is 3.98. The number of nitrogens with one attached hydrogen (secondary N) is 1. The number of thiophene rings is 2. The number of piperidine rings is 1. The van der Waals surface area contributed by atoms with Gasteiger partial charge in [-0.2, -0.15) is 0 Å². The van der Waals surface area contributed by atoms with Crippen molar-refractivity contribution in [2.75, 3.05) is 18.8 Å². The number of likely N-dealkylation sites (tertiary alicyclic amines) is 1. The number of aromatic amines is 1. The molecule has 3 aromatic heterocycles. The maximum absolute atomic E-state index is 12.6. The maximum Gasteiger partial charge on any atom is 0.260 e. The molecule has 0 spiro atoms. The highest BCUT2D eigenvalue weighted by atomic mass is 32.2. The van der Waals surface area contributed by atoms with Crippen molar-refractivity contribution in [1.82, 2.24) is 14.9 Å². The zero-order chi connectivity index (χ0) is 18.1. The molecule has 1 aliphatic heterocycles. The van der Waals surface area contributed by atoms with E-state index in [1.165, 1.54) is 23.1 Å². The highest BCUT2D eigenvalue weighted by Gasteiger charge is 2.21. The first-order valence-electron chi connectivity index (χ1n) is 8.58. The lowest BCUT2D eigenvalue weighted by Crippen LogP contribution is -2.38. The summed E-state index contributed by atoms with van der Waals surface area (Å²) < 4.78 is 0. The average Bonchev–Trinajstić information content (AvgIpc) is 3.29. The number of carbonyl (C=O) groups excluding carboxylic acids is 1. The summed E-state index contributed by atoms with van der Waals surface area (Å²) in [5, 5.41) is 5.13. The van der Waals surface area contributed by atoms with Gasteiger partial charge in [0.15, 0.2) is 5.16 Å². The molecule has 0 atom stereocenters. The summed E-state index contributed by atoms with van der Waals surface area (Å²) in [6.07, 6.45) is 2.14. The van der Waals surface area contributed by atoms with Crippen LogP contribution in [-0.2, 0) is 4.79 Å². The van der Waals surface area contributed by atoms with Crippen LogP contribution in [-0.4, -0.2) is 39.6 Å². The summed E-state index contributed by atoms with van der Waals surface area (Å²) in [4.78, 5) is 36.0. The van der Waals surface area contributed by atoms with Gasteiger partial charge in [0, 0.05) is 28.9 Å². The fraction of sp³-hybridized carbons (Fsp3) is 0.389. The summed E-state index contributed by atoms with van der Waals surface area (Å²) in [7, 11) is 0. The van der Waals surface area contributed by atoms with Gasteiger partial charge in [-0.15, -0.1) is 22.7 Å². The Balaban J connectivity index is 1.50. The molecule has 0 aliphatic carbocycles. The number of fused-ring (bicyclic) bond motifs is 1. The first-order valence-corrected chi connectivity index (χ1v) is 11.3. The van der Waals surface area contributed by atoms with Crippen LogP contribution in [0.2, 0.25) is 0 Å². The molecule has 1 N–H and O–H groups in total. The smallest absolute Gasteiger partial charge is 0.260 e. The topological polar surface area (TPSA) is 66.1 Å². The van der Waals surface area contributed by atoms with E-state index in [4.69, 9.17) is 0 Å². The molecule has 4 heterocycles. The standard InChI is InChI=1S/C18H19N3O2S3/c1-11-4-6-21(7-5-11)14(22)10-26-18-19-16(23)15-12(9-25-17(15)20-18)13-3-2-8-24-13/h2-3,8-9,11H,4-7,10H2,1H3,(H,19,20,23). The van der Waals surface area contributed by atoms with Gasteiger partial charge in [-0.05, 0) is 30.2 Å². The lowest BCUT2D eigenvalue weighted by atomic mass is 9.99. The predicted octanol–water partition coefficient (Wildman–Crippen LogP) is 4.06. The van der Waals surface area contributed by atoms with E-state index in [0.717, 1.165) is 41.2 Å². The number of hydrogen-bond donors (Lipinski definition) is 1. The van der Waals surface area contributed by atoms with E-state index < -0.39 is 0 Å². The summed E-state index contributed by atoms with van der Waals surface area (Å²) in [5.41, 5.74) is 0.796.